The summed E-state index contributed by atoms with van der Waals surface area (Å²) < 4.78 is 2.35. The van der Waals surface area contributed by atoms with E-state index in [0.29, 0.717) is 22.3 Å². The number of carbonyl (C=O) groups is 2. The van der Waals surface area contributed by atoms with Gasteiger partial charge in [-0.15, -0.1) is 0 Å². The van der Waals surface area contributed by atoms with E-state index in [4.69, 9.17) is 11.6 Å². The molecule has 0 aliphatic carbocycles. The number of rotatable bonds is 5. The number of nitrogens with zero attached hydrogens (tertiary/aromatic N) is 2. The Kier molecular flexibility index (Phi) is 5.84. The molecule has 1 heterocycles. The zero-order valence-corrected chi connectivity index (χ0v) is 16.6. The maximum Gasteiger partial charge on any atom is 0.331 e. The third kappa shape index (κ3) is 4.22. The molecule has 150 valence electrons. The van der Waals surface area contributed by atoms with Crippen LogP contribution >= 0.6 is 11.6 Å². The van der Waals surface area contributed by atoms with Crippen molar-refractivity contribution in [3.63, 3.8) is 0 Å². The van der Waals surface area contributed by atoms with Gasteiger partial charge in [0.25, 0.3) is 5.56 Å². The Hall–Kier alpha value is -3.39. The lowest BCUT2D eigenvalue weighted by Crippen LogP contribution is -2.41. The van der Waals surface area contributed by atoms with E-state index in [9.17, 15) is 19.2 Å². The van der Waals surface area contributed by atoms with Crippen LogP contribution in [-0.4, -0.2) is 20.9 Å². The van der Waals surface area contributed by atoms with Crippen molar-refractivity contribution in [1.82, 2.24) is 9.13 Å². The lowest BCUT2D eigenvalue weighted by atomic mass is 10.2. The average Bonchev–Trinajstić information content (AvgIpc) is 2.67. The van der Waals surface area contributed by atoms with Gasteiger partial charge in [0.05, 0.1) is 21.6 Å². The minimum Gasteiger partial charge on any atom is -0.326 e. The minimum absolute atomic E-state index is 0.195. The highest BCUT2D eigenvalue weighted by Gasteiger charge is 2.15. The Balaban J connectivity index is 1.92. The van der Waals surface area contributed by atoms with E-state index >= 15 is 0 Å². The maximum absolute atomic E-state index is 12.7. The molecule has 1 aromatic heterocycles. The first-order valence-electron chi connectivity index (χ1n) is 8.91. The van der Waals surface area contributed by atoms with Crippen molar-refractivity contribution in [2.75, 3.05) is 10.6 Å². The van der Waals surface area contributed by atoms with Crippen LogP contribution in [0.3, 0.4) is 0 Å². The molecule has 0 saturated carbocycles. The van der Waals surface area contributed by atoms with Gasteiger partial charge in [-0.05, 0) is 37.3 Å². The highest BCUT2D eigenvalue weighted by Crippen LogP contribution is 2.25. The summed E-state index contributed by atoms with van der Waals surface area (Å²) in [5.74, 6) is -0.720. The minimum atomic E-state index is -0.557. The summed E-state index contributed by atoms with van der Waals surface area (Å²) in [6, 6.07) is 11.3. The third-order valence-electron chi connectivity index (χ3n) is 4.31. The van der Waals surface area contributed by atoms with Crippen molar-refractivity contribution < 1.29 is 9.59 Å². The van der Waals surface area contributed by atoms with Crippen LogP contribution in [0.25, 0.3) is 10.9 Å². The van der Waals surface area contributed by atoms with E-state index in [2.05, 4.69) is 10.6 Å². The van der Waals surface area contributed by atoms with Crippen LogP contribution in [0, 0.1) is 0 Å². The Morgan fingerprint density at radius 3 is 2.41 bits per heavy atom. The van der Waals surface area contributed by atoms with Gasteiger partial charge in [0.2, 0.25) is 11.8 Å². The number of carbonyl (C=O) groups excluding carboxylic acids is 2. The van der Waals surface area contributed by atoms with Crippen LogP contribution in [0.1, 0.15) is 13.8 Å². The number of anilines is 2. The van der Waals surface area contributed by atoms with E-state index in [1.807, 2.05) is 0 Å². The number of fused-ring (bicyclic) bond motifs is 1. The van der Waals surface area contributed by atoms with Crippen molar-refractivity contribution in [2.45, 2.75) is 26.9 Å². The largest absolute Gasteiger partial charge is 0.331 e. The predicted molar refractivity (Wildman–Crippen MR) is 113 cm³/mol. The molecule has 0 aliphatic heterocycles. The molecular formula is C20H19ClN4O4. The lowest BCUT2D eigenvalue weighted by molar-refractivity contribution is -0.117. The van der Waals surface area contributed by atoms with Gasteiger partial charge in [-0.2, -0.15) is 0 Å². The van der Waals surface area contributed by atoms with Crippen LogP contribution in [-0.2, 0) is 22.7 Å². The molecule has 0 radical (unpaired) electrons. The van der Waals surface area contributed by atoms with Gasteiger partial charge in [0.15, 0.2) is 0 Å². The fourth-order valence-electron chi connectivity index (χ4n) is 3.03. The van der Waals surface area contributed by atoms with Crippen LogP contribution in [0.15, 0.2) is 52.1 Å². The second-order valence-corrected chi connectivity index (χ2v) is 6.77. The number of halogens is 1. The highest BCUT2D eigenvalue weighted by molar-refractivity contribution is 6.34. The van der Waals surface area contributed by atoms with Gasteiger partial charge in [0.1, 0.15) is 6.54 Å². The van der Waals surface area contributed by atoms with Gasteiger partial charge in [-0.1, -0.05) is 23.7 Å². The van der Waals surface area contributed by atoms with Crippen LogP contribution in [0.2, 0.25) is 5.02 Å². The van der Waals surface area contributed by atoms with Crippen LogP contribution < -0.4 is 21.9 Å². The monoisotopic (exact) mass is 414 g/mol. The summed E-state index contributed by atoms with van der Waals surface area (Å²) in [6.07, 6.45) is 0. The van der Waals surface area contributed by atoms with Crippen molar-refractivity contribution in [3.05, 3.63) is 68.3 Å². The molecule has 0 spiro atoms. The smallest absolute Gasteiger partial charge is 0.326 e. The summed E-state index contributed by atoms with van der Waals surface area (Å²) in [5.41, 5.74) is 0.277. The number of nitrogens with one attached hydrogen (secondary N) is 2. The Bertz CT molecular complexity index is 1230. The molecular weight excluding hydrogens is 396 g/mol. The van der Waals surface area contributed by atoms with Gasteiger partial charge in [0, 0.05) is 19.2 Å². The van der Waals surface area contributed by atoms with Gasteiger partial charge < -0.3 is 10.6 Å². The third-order valence-corrected chi connectivity index (χ3v) is 4.63. The number of hydrogen-bond donors (Lipinski definition) is 2. The van der Waals surface area contributed by atoms with Crippen LogP contribution in [0.5, 0.6) is 0 Å². The molecule has 0 atom stereocenters. The predicted octanol–water partition coefficient (Wildman–Crippen LogP) is 2.43. The number of para-hydroxylation sites is 1. The Labute approximate surface area is 170 Å². The molecule has 0 unspecified atom stereocenters. The standard InChI is InChI=1S/C20H19ClN4O4/c1-3-24-19(28)14-6-4-5-7-17(14)25(20(24)29)11-18(27)23-16-9-8-13(10-15(16)21)22-12(2)26/h4-10H,3,11H2,1-2H3,(H,22,26)(H,23,27). The first-order chi connectivity index (χ1) is 13.8. The number of aromatic nitrogens is 2. The van der Waals surface area contributed by atoms with Crippen LogP contribution in [0.4, 0.5) is 11.4 Å². The molecule has 0 fully saturated rings. The quantitative estimate of drug-likeness (QED) is 0.669. The molecule has 29 heavy (non-hydrogen) atoms. The average molecular weight is 415 g/mol. The molecule has 2 N–H and O–H groups in total. The first-order valence-corrected chi connectivity index (χ1v) is 9.29. The fraction of sp³-hybridized carbons (Fsp3) is 0.200. The SMILES string of the molecule is CCn1c(=O)c2ccccc2n(CC(=O)Nc2ccc(NC(C)=O)cc2Cl)c1=O. The molecule has 9 heteroatoms. The second kappa shape index (κ2) is 8.32. The van der Waals surface area contributed by atoms with E-state index < -0.39 is 11.6 Å². The second-order valence-electron chi connectivity index (χ2n) is 6.36. The summed E-state index contributed by atoms with van der Waals surface area (Å²) in [4.78, 5) is 48.9. The molecule has 0 aliphatic rings. The molecule has 8 nitrogen and oxygen atoms in total. The zero-order chi connectivity index (χ0) is 21.1. The normalized spacial score (nSPS) is 10.7. The zero-order valence-electron chi connectivity index (χ0n) is 15.9. The first kappa shape index (κ1) is 20.3. The molecule has 0 saturated heterocycles. The van der Waals surface area contributed by atoms with E-state index in [0.717, 1.165) is 4.57 Å². The maximum atomic E-state index is 12.7. The van der Waals surface area contributed by atoms with Gasteiger partial charge in [-0.3, -0.25) is 23.5 Å². The Morgan fingerprint density at radius 2 is 1.76 bits per heavy atom. The molecule has 3 aromatic rings. The number of hydrogen-bond acceptors (Lipinski definition) is 4. The van der Waals surface area contributed by atoms with Crippen molar-refractivity contribution in [1.29, 1.82) is 0 Å². The molecule has 2 amide bonds. The molecule has 3 rings (SSSR count). The van der Waals surface area contributed by atoms with E-state index in [-0.39, 0.29) is 29.6 Å². The summed E-state index contributed by atoms with van der Waals surface area (Å²) in [5, 5.41) is 5.85. The summed E-state index contributed by atoms with van der Waals surface area (Å²) in [6.45, 7) is 2.98. The molecule has 0 bridgehead atoms. The van der Waals surface area contributed by atoms with Crippen molar-refractivity contribution in [2.24, 2.45) is 0 Å². The van der Waals surface area contributed by atoms with E-state index in [1.54, 1.807) is 43.3 Å². The van der Waals surface area contributed by atoms with Crippen molar-refractivity contribution in [3.8, 4) is 0 Å². The van der Waals surface area contributed by atoms with Gasteiger partial charge >= 0.3 is 5.69 Å². The Morgan fingerprint density at radius 1 is 1.03 bits per heavy atom. The number of benzene rings is 2. The van der Waals surface area contributed by atoms with Gasteiger partial charge in [-0.25, -0.2) is 4.79 Å². The topological polar surface area (TPSA) is 102 Å². The summed E-state index contributed by atoms with van der Waals surface area (Å²) >= 11 is 6.17. The lowest BCUT2D eigenvalue weighted by Gasteiger charge is -2.14. The summed E-state index contributed by atoms with van der Waals surface area (Å²) in [7, 11) is 0. The van der Waals surface area contributed by atoms with E-state index in [1.165, 1.54) is 17.6 Å². The van der Waals surface area contributed by atoms with Crippen molar-refractivity contribution >= 4 is 45.7 Å². The fourth-order valence-corrected chi connectivity index (χ4v) is 3.26. The number of amides is 2. The molecule has 2 aromatic carbocycles. The highest BCUT2D eigenvalue weighted by atomic mass is 35.5.